The maximum atomic E-state index is 15.3. The number of morpholine rings is 1. The lowest BCUT2D eigenvalue weighted by molar-refractivity contribution is -1.92. The van der Waals surface area contributed by atoms with Gasteiger partial charge in [0.25, 0.3) is 5.91 Å². The highest BCUT2D eigenvalue weighted by Crippen LogP contribution is 2.67. The summed E-state index contributed by atoms with van der Waals surface area (Å²) in [5.74, 6) is 0.711. The molecule has 1 N–H and O–H groups in total. The normalized spacial score (nSPS) is 14.1. The fraction of sp³-hybridized carbons (Fsp3) is 0.190. The number of benzene rings is 5. The van der Waals surface area contributed by atoms with E-state index in [0.29, 0.717) is 32.0 Å². The van der Waals surface area contributed by atoms with Gasteiger partial charge in [-0.3, -0.25) is 4.79 Å². The van der Waals surface area contributed by atoms with E-state index in [2.05, 4.69) is 146 Å². The fourth-order valence-electron chi connectivity index (χ4n) is 6.53. The maximum absolute atomic E-state index is 15.3. The van der Waals surface area contributed by atoms with Gasteiger partial charge in [-0.25, -0.2) is 4.99 Å². The fourth-order valence-corrected chi connectivity index (χ4v) is 11.1. The molecule has 1 fully saturated rings. The summed E-state index contributed by atoms with van der Waals surface area (Å²) in [6.07, 6.45) is 0. The molecule has 5 aromatic carbocycles. The van der Waals surface area contributed by atoms with Gasteiger partial charge in [0, 0.05) is 37.3 Å². The van der Waals surface area contributed by atoms with Gasteiger partial charge in [0.05, 0.1) is 28.1 Å². The highest BCUT2D eigenvalue weighted by atomic mass is 35.7. The van der Waals surface area contributed by atoms with Crippen LogP contribution in [0, 0.1) is 10.2 Å². The summed E-state index contributed by atoms with van der Waals surface area (Å²) in [5.41, 5.74) is 2.43. The number of aliphatic imine (C=N–C) groups is 1. The lowest BCUT2D eigenvalue weighted by Crippen LogP contribution is -2.58. The van der Waals surface area contributed by atoms with Gasteiger partial charge < -0.3 is 14.5 Å². The Labute approximate surface area is 314 Å². The molecule has 5 aromatic rings. The quantitative estimate of drug-likeness (QED) is 0.100. The molecule has 11 heteroatoms. The molecular weight excluding hydrogens is 709 g/mol. The Morgan fingerprint density at radius 3 is 1.42 bits per heavy atom. The average Bonchev–Trinajstić information content (AvgIpc) is 3.20. The van der Waals surface area contributed by atoms with Crippen LogP contribution in [0.15, 0.2) is 162 Å². The van der Waals surface area contributed by atoms with E-state index < -0.39 is 17.5 Å². The van der Waals surface area contributed by atoms with E-state index >= 15 is 4.79 Å². The zero-order valence-electron chi connectivity index (χ0n) is 29.8. The number of halogens is 1. The molecule has 53 heavy (non-hydrogen) atoms. The molecule has 9 nitrogen and oxygen atoms in total. The highest BCUT2D eigenvalue weighted by Gasteiger charge is 2.53. The largest absolute Gasteiger partial charge is 0.378 e. The number of rotatable bonds is 10. The van der Waals surface area contributed by atoms with Gasteiger partial charge in [-0.1, -0.05) is 115 Å². The number of carbonyl (C=O) groups excluding carboxylic acids is 1. The lowest BCUT2D eigenvalue weighted by atomic mass is 10.1. The number of amides is 1. The Morgan fingerprint density at radius 1 is 0.679 bits per heavy atom. The minimum absolute atomic E-state index is 0.0788. The molecule has 274 valence electrons. The summed E-state index contributed by atoms with van der Waals surface area (Å²) >= 11 is 0. The predicted molar refractivity (Wildman–Crippen MR) is 204 cm³/mol. The van der Waals surface area contributed by atoms with Gasteiger partial charge >= 0.3 is 0 Å². The standard InChI is InChI=1S/C42H43N3O2P.ClHO4/c1-3-44(4-2)41(35-22-12-6-13-23-35)43-39(42(46)45-30-32-47-33-31-45)40(34-20-10-5-11-21-34)48(36-24-14-7-15-25-36,37-26-16-8-17-27-37)38-28-18-9-19-29-38;2-1(3,4)5/h5-29H,3-4,30-33H2,1-2H3;(H,2,3,4,5)/q+1;. The van der Waals surface area contributed by atoms with Gasteiger partial charge in [0.1, 0.15) is 34.3 Å². The van der Waals surface area contributed by atoms with Gasteiger partial charge in [-0.2, -0.15) is 14.0 Å². The Hall–Kier alpha value is -4.70. The van der Waals surface area contributed by atoms with E-state index in [1.54, 1.807) is 0 Å². The summed E-state index contributed by atoms with van der Waals surface area (Å²) < 4.78 is 38.4. The van der Waals surface area contributed by atoms with Crippen molar-refractivity contribution in [2.45, 2.75) is 13.8 Å². The van der Waals surface area contributed by atoms with Crippen molar-refractivity contribution in [1.29, 1.82) is 0 Å². The zero-order valence-corrected chi connectivity index (χ0v) is 31.5. The van der Waals surface area contributed by atoms with E-state index in [1.165, 1.54) is 0 Å². The van der Waals surface area contributed by atoms with Crippen molar-refractivity contribution in [1.82, 2.24) is 9.80 Å². The molecule has 1 heterocycles. The van der Waals surface area contributed by atoms with Crippen LogP contribution in [0.25, 0.3) is 5.31 Å². The Bertz CT molecular complexity index is 1830. The van der Waals surface area contributed by atoms with Crippen LogP contribution in [-0.4, -0.2) is 65.6 Å². The Balaban J connectivity index is 0.00000101. The molecule has 1 aliphatic rings. The van der Waals surface area contributed by atoms with E-state index in [1.807, 2.05) is 29.2 Å². The molecule has 0 aliphatic carbocycles. The van der Waals surface area contributed by atoms with Gasteiger partial charge in [-0.05, 0) is 50.2 Å². The van der Waals surface area contributed by atoms with Crippen LogP contribution in [0.2, 0.25) is 0 Å². The number of hydrogen-bond donors (Lipinski definition) is 1. The van der Waals surface area contributed by atoms with Crippen molar-refractivity contribution >= 4 is 40.2 Å². The lowest BCUT2D eigenvalue weighted by Gasteiger charge is -2.33. The predicted octanol–water partition coefficient (Wildman–Crippen LogP) is 2.87. The smallest absolute Gasteiger partial charge is 0.276 e. The molecule has 0 radical (unpaired) electrons. The van der Waals surface area contributed by atoms with Crippen molar-refractivity contribution in [2.24, 2.45) is 4.99 Å². The third kappa shape index (κ3) is 9.84. The molecule has 1 amide bonds. The van der Waals surface area contributed by atoms with Gasteiger partial charge in [0.15, 0.2) is 5.70 Å². The first kappa shape index (κ1) is 39.5. The first-order valence-electron chi connectivity index (χ1n) is 17.4. The van der Waals surface area contributed by atoms with E-state index in [0.717, 1.165) is 51.3 Å². The number of carbonyl (C=O) groups is 1. The van der Waals surface area contributed by atoms with Crippen LogP contribution in [0.3, 0.4) is 0 Å². The van der Waals surface area contributed by atoms with Gasteiger partial charge in [0.2, 0.25) is 0 Å². The molecular formula is C42H44ClN3O6P+. The zero-order chi connectivity index (χ0) is 37.7. The third-order valence-corrected chi connectivity index (χ3v) is 13.2. The molecule has 0 spiro atoms. The second kappa shape index (κ2) is 18.9. The summed E-state index contributed by atoms with van der Waals surface area (Å²) in [5, 5.41) is 4.43. The number of amidine groups is 1. The highest BCUT2D eigenvalue weighted by molar-refractivity contribution is 8.03. The molecule has 0 unspecified atom stereocenters. The number of nitrogens with zero attached hydrogens (tertiary/aromatic N) is 3. The van der Waals surface area contributed by atoms with Crippen LogP contribution in [0.5, 0.6) is 0 Å². The Kier molecular flexibility index (Phi) is 14.1. The third-order valence-electron chi connectivity index (χ3n) is 8.85. The molecule has 0 atom stereocenters. The van der Waals surface area contributed by atoms with Crippen LogP contribution < -0.4 is 29.9 Å². The van der Waals surface area contributed by atoms with E-state index in [-0.39, 0.29) is 5.91 Å². The summed E-state index contributed by atoms with van der Waals surface area (Å²) in [6.45, 7) is 7.81. The van der Waals surface area contributed by atoms with Crippen LogP contribution in [0.4, 0.5) is 0 Å². The van der Waals surface area contributed by atoms with Crippen LogP contribution in [0.1, 0.15) is 25.0 Å². The first-order chi connectivity index (χ1) is 25.7. The van der Waals surface area contributed by atoms with Gasteiger partial charge in [-0.15, -0.1) is 0 Å². The number of ether oxygens (including phenoxy) is 1. The molecule has 1 aliphatic heterocycles. The second-order valence-electron chi connectivity index (χ2n) is 12.0. The van der Waals surface area contributed by atoms with Crippen LogP contribution in [-0.2, 0) is 9.53 Å². The monoisotopic (exact) mass is 752 g/mol. The van der Waals surface area contributed by atoms with Crippen molar-refractivity contribution in [3.63, 3.8) is 0 Å². The first-order valence-corrected chi connectivity index (χ1v) is 20.5. The van der Waals surface area contributed by atoms with E-state index in [9.17, 15) is 0 Å². The summed E-state index contributed by atoms with van der Waals surface area (Å²) in [7, 11) is -7.46. The average molecular weight is 753 g/mol. The summed E-state index contributed by atoms with van der Waals surface area (Å²) in [6, 6.07) is 52.9. The number of hydrogen-bond acceptors (Lipinski definition) is 7. The summed E-state index contributed by atoms with van der Waals surface area (Å²) in [4.78, 5) is 25.1. The van der Waals surface area contributed by atoms with Crippen molar-refractivity contribution in [3.8, 4) is 0 Å². The minimum atomic E-state index is -4.69. The molecule has 0 aromatic heterocycles. The van der Waals surface area contributed by atoms with Crippen LogP contribution >= 0.6 is 7.26 Å². The molecule has 0 saturated carbocycles. The molecule has 1 saturated heterocycles. The minimum Gasteiger partial charge on any atom is -0.378 e. The van der Waals surface area contributed by atoms with Crippen molar-refractivity contribution < 1.29 is 38.4 Å². The van der Waals surface area contributed by atoms with Crippen molar-refractivity contribution in [2.75, 3.05) is 39.4 Å². The van der Waals surface area contributed by atoms with Crippen molar-refractivity contribution in [3.05, 3.63) is 168 Å². The maximum Gasteiger partial charge on any atom is 0.276 e. The molecule has 6 rings (SSSR count). The molecule has 0 bridgehead atoms. The second-order valence-corrected chi connectivity index (χ2v) is 16.1. The van der Waals surface area contributed by atoms with E-state index in [4.69, 9.17) is 28.4 Å². The SMILES string of the molecule is CCN(CC)C(=NC(C(=O)N1CCOCC1)=C(c1ccccc1)[P+](c1ccccc1)(c1ccccc1)c1ccccc1)c1ccccc1.[O-][Cl+3]([O-])([O-])O. The Morgan fingerprint density at radius 2 is 1.04 bits per heavy atom. The topological polar surface area (TPSA) is 135 Å².